The van der Waals surface area contributed by atoms with Crippen molar-refractivity contribution in [3.05, 3.63) is 58.3 Å². The Labute approximate surface area is 165 Å². The molecule has 1 saturated heterocycles. The highest BCUT2D eigenvalue weighted by Gasteiger charge is 2.59. The molecule has 7 heteroatoms. The predicted molar refractivity (Wildman–Crippen MR) is 101 cm³/mol. The first kappa shape index (κ1) is 16.8. The Balaban J connectivity index is 1.38. The van der Waals surface area contributed by atoms with Crippen LogP contribution in [0.5, 0.6) is 0 Å². The lowest BCUT2D eigenvalue weighted by Crippen LogP contribution is -2.28. The van der Waals surface area contributed by atoms with Gasteiger partial charge in [-0.15, -0.1) is 0 Å². The minimum absolute atomic E-state index is 0.164. The minimum atomic E-state index is -0.262. The minimum Gasteiger partial charge on any atom is -0.455 e. The number of hydrogen-bond acceptors (Lipinski definition) is 4. The Morgan fingerprint density at radius 3 is 2.44 bits per heavy atom. The van der Waals surface area contributed by atoms with Crippen molar-refractivity contribution < 1.29 is 14.0 Å². The molecule has 136 valence electrons. The second kappa shape index (κ2) is 6.08. The molecule has 0 N–H and O–H groups in total. The fourth-order valence-corrected chi connectivity index (χ4v) is 4.77. The first-order valence-corrected chi connectivity index (χ1v) is 9.44. The van der Waals surface area contributed by atoms with Crippen molar-refractivity contribution in [1.82, 2.24) is 5.01 Å². The normalized spacial score (nSPS) is 28.7. The molecular formula is C20H14Cl2N2O3. The number of carbonyl (C=O) groups is 2. The summed E-state index contributed by atoms with van der Waals surface area (Å²) in [6.45, 7) is 0. The zero-order valence-electron chi connectivity index (χ0n) is 14.0. The molecule has 2 amide bonds. The molecule has 0 radical (unpaired) electrons. The van der Waals surface area contributed by atoms with Gasteiger partial charge in [0.05, 0.1) is 28.1 Å². The summed E-state index contributed by atoms with van der Waals surface area (Å²) in [4.78, 5) is 25.2. The monoisotopic (exact) mass is 400 g/mol. The molecule has 2 aliphatic carbocycles. The molecular weight excluding hydrogens is 387 g/mol. The molecule has 1 saturated carbocycles. The molecule has 2 heterocycles. The summed E-state index contributed by atoms with van der Waals surface area (Å²) >= 11 is 12.3. The molecule has 0 spiro atoms. The van der Waals surface area contributed by atoms with Crippen LogP contribution in [0.2, 0.25) is 10.0 Å². The highest BCUT2D eigenvalue weighted by Crippen LogP contribution is 2.52. The van der Waals surface area contributed by atoms with Crippen LogP contribution in [0.3, 0.4) is 0 Å². The van der Waals surface area contributed by atoms with Crippen LogP contribution < -0.4 is 0 Å². The lowest BCUT2D eigenvalue weighted by atomic mass is 9.85. The van der Waals surface area contributed by atoms with Crippen LogP contribution in [-0.4, -0.2) is 23.0 Å². The maximum atomic E-state index is 12.6. The summed E-state index contributed by atoms with van der Waals surface area (Å²) < 4.78 is 5.73. The van der Waals surface area contributed by atoms with Gasteiger partial charge < -0.3 is 4.42 Å². The van der Waals surface area contributed by atoms with Gasteiger partial charge in [-0.1, -0.05) is 41.4 Å². The van der Waals surface area contributed by atoms with Crippen molar-refractivity contribution in [2.45, 2.75) is 6.42 Å². The standard InChI is InChI=1S/C20H14Cl2N2O3/c21-14-3-1-2-13(18(14)22)15-7-6-12(27-15)9-23-24-19(25)16-10-4-5-11(8-10)17(16)20(24)26/h1-7,9-11,16-17H,8H2/b23-9-/t10-,11-,16+,17+/m0/s1. The number of halogens is 2. The lowest BCUT2D eigenvalue weighted by Gasteiger charge is -2.13. The van der Waals surface area contributed by atoms with E-state index in [0.29, 0.717) is 27.1 Å². The highest BCUT2D eigenvalue weighted by atomic mass is 35.5. The number of imide groups is 1. The molecule has 2 bridgehead atoms. The Bertz CT molecular complexity index is 996. The predicted octanol–water partition coefficient (Wildman–Crippen LogP) is 4.39. The van der Waals surface area contributed by atoms with Gasteiger partial charge in [-0.05, 0) is 42.5 Å². The van der Waals surface area contributed by atoms with Crippen LogP contribution in [-0.2, 0) is 9.59 Å². The van der Waals surface area contributed by atoms with Crippen LogP contribution in [0.4, 0.5) is 0 Å². The molecule has 1 aromatic heterocycles. The van der Waals surface area contributed by atoms with Crippen LogP contribution in [0.25, 0.3) is 11.3 Å². The van der Waals surface area contributed by atoms with Gasteiger partial charge in [-0.25, -0.2) is 0 Å². The molecule has 2 fully saturated rings. The van der Waals surface area contributed by atoms with E-state index in [1.54, 1.807) is 30.3 Å². The van der Waals surface area contributed by atoms with Gasteiger partial charge in [0.25, 0.3) is 11.8 Å². The fourth-order valence-electron chi connectivity index (χ4n) is 4.38. The third-order valence-electron chi connectivity index (χ3n) is 5.59. The number of amides is 2. The largest absolute Gasteiger partial charge is 0.455 e. The van der Waals surface area contributed by atoms with E-state index in [4.69, 9.17) is 27.6 Å². The Kier molecular flexibility index (Phi) is 3.78. The van der Waals surface area contributed by atoms with E-state index in [2.05, 4.69) is 17.3 Å². The SMILES string of the molecule is O=C1[C@H]2[C@H](C(=O)N1/N=C\c1ccc(-c3cccc(Cl)c3Cl)o1)[C@H]1C=C[C@H]2C1. The molecule has 1 aromatic carbocycles. The molecule has 2 aromatic rings. The number of hydrazone groups is 1. The van der Waals surface area contributed by atoms with Crippen molar-refractivity contribution >= 4 is 41.2 Å². The fraction of sp³-hybridized carbons (Fsp3) is 0.250. The van der Waals surface area contributed by atoms with Crippen molar-refractivity contribution in [2.75, 3.05) is 0 Å². The number of carbonyl (C=O) groups excluding carboxylic acids is 2. The zero-order chi connectivity index (χ0) is 18.7. The number of allylic oxidation sites excluding steroid dienone is 2. The van der Waals surface area contributed by atoms with Gasteiger partial charge >= 0.3 is 0 Å². The van der Waals surface area contributed by atoms with E-state index in [9.17, 15) is 9.59 Å². The topological polar surface area (TPSA) is 62.9 Å². The molecule has 27 heavy (non-hydrogen) atoms. The quantitative estimate of drug-likeness (QED) is 0.435. The van der Waals surface area contributed by atoms with Crippen LogP contribution in [0.1, 0.15) is 12.2 Å². The van der Waals surface area contributed by atoms with Crippen LogP contribution in [0, 0.1) is 23.7 Å². The van der Waals surface area contributed by atoms with Crippen molar-refractivity contribution in [1.29, 1.82) is 0 Å². The number of benzene rings is 1. The Morgan fingerprint density at radius 2 is 1.74 bits per heavy atom. The second-order valence-electron chi connectivity index (χ2n) is 7.04. The van der Waals surface area contributed by atoms with E-state index < -0.39 is 0 Å². The third kappa shape index (κ3) is 2.49. The number of rotatable bonds is 3. The molecule has 3 aliphatic rings. The maximum Gasteiger partial charge on any atom is 0.254 e. The second-order valence-corrected chi connectivity index (χ2v) is 7.82. The summed E-state index contributed by atoms with van der Waals surface area (Å²) in [5, 5.41) is 5.94. The Morgan fingerprint density at radius 1 is 1.04 bits per heavy atom. The summed E-state index contributed by atoms with van der Waals surface area (Å²) in [5.74, 6) is 0.310. The zero-order valence-corrected chi connectivity index (χ0v) is 15.5. The Hall–Kier alpha value is -2.37. The number of fused-ring (bicyclic) bond motifs is 5. The third-order valence-corrected chi connectivity index (χ3v) is 6.41. The summed E-state index contributed by atoms with van der Waals surface area (Å²) in [5.41, 5.74) is 0.661. The summed E-state index contributed by atoms with van der Waals surface area (Å²) in [7, 11) is 0. The average Bonchev–Trinajstić information content (AvgIpc) is 3.41. The van der Waals surface area contributed by atoms with Gasteiger partial charge in [-0.2, -0.15) is 10.1 Å². The maximum absolute atomic E-state index is 12.6. The van der Waals surface area contributed by atoms with Gasteiger partial charge in [-0.3, -0.25) is 9.59 Å². The van der Waals surface area contributed by atoms with Crippen molar-refractivity contribution in [3.8, 4) is 11.3 Å². The average molecular weight is 401 g/mol. The number of furan rings is 1. The molecule has 0 unspecified atom stereocenters. The highest BCUT2D eigenvalue weighted by molar-refractivity contribution is 6.43. The smallest absolute Gasteiger partial charge is 0.254 e. The van der Waals surface area contributed by atoms with Crippen molar-refractivity contribution in [2.24, 2.45) is 28.8 Å². The molecule has 5 rings (SSSR count). The van der Waals surface area contributed by atoms with Gasteiger partial charge in [0.1, 0.15) is 11.5 Å². The van der Waals surface area contributed by atoms with Crippen LogP contribution in [0.15, 0.2) is 52.0 Å². The van der Waals surface area contributed by atoms with Crippen LogP contribution >= 0.6 is 23.2 Å². The molecule has 4 atom stereocenters. The van der Waals surface area contributed by atoms with Gasteiger partial charge in [0, 0.05) is 5.56 Å². The van der Waals surface area contributed by atoms with E-state index in [-0.39, 0.29) is 35.5 Å². The summed E-state index contributed by atoms with van der Waals surface area (Å²) in [6, 6.07) is 8.72. The van der Waals surface area contributed by atoms with E-state index in [1.807, 2.05) is 0 Å². The lowest BCUT2D eigenvalue weighted by molar-refractivity contribution is -0.140. The number of nitrogens with zero attached hydrogens (tertiary/aromatic N) is 2. The van der Waals surface area contributed by atoms with E-state index in [1.165, 1.54) is 6.21 Å². The van der Waals surface area contributed by atoms with Gasteiger partial charge in [0.2, 0.25) is 0 Å². The van der Waals surface area contributed by atoms with Gasteiger partial charge in [0.15, 0.2) is 0 Å². The molecule has 1 aliphatic heterocycles. The number of hydrogen-bond donors (Lipinski definition) is 0. The summed E-state index contributed by atoms with van der Waals surface area (Å²) in [6.07, 6.45) is 6.38. The van der Waals surface area contributed by atoms with Crippen molar-refractivity contribution in [3.63, 3.8) is 0 Å². The first-order chi connectivity index (χ1) is 13.0. The van der Waals surface area contributed by atoms with E-state index in [0.717, 1.165) is 11.4 Å². The first-order valence-electron chi connectivity index (χ1n) is 8.69. The van der Waals surface area contributed by atoms with E-state index >= 15 is 0 Å². The molecule has 5 nitrogen and oxygen atoms in total.